The van der Waals surface area contributed by atoms with Crippen molar-refractivity contribution in [3.05, 3.63) is 41.1 Å². The average Bonchev–Trinajstić information content (AvgIpc) is 2.75. The zero-order valence-electron chi connectivity index (χ0n) is 19.4. The van der Waals surface area contributed by atoms with Crippen LogP contribution < -0.4 is 4.74 Å². The molecule has 3 rings (SSSR count). The molecular formula is C22H28F3N3O5S. The molecule has 1 aliphatic rings. The first-order chi connectivity index (χ1) is 15.9. The fourth-order valence-electron chi connectivity index (χ4n) is 4.06. The molecular weight excluding hydrogens is 475 g/mol. The van der Waals surface area contributed by atoms with E-state index in [1.807, 2.05) is 7.05 Å². The number of alkyl halides is 3. The molecule has 188 valence electrons. The lowest BCUT2D eigenvalue weighted by molar-refractivity contribution is -0.137. The number of hydrogen-bond donors (Lipinski definition) is 0. The first-order valence-electron chi connectivity index (χ1n) is 10.6. The monoisotopic (exact) mass is 503 g/mol. The van der Waals surface area contributed by atoms with E-state index in [1.54, 1.807) is 13.0 Å². The molecule has 1 aromatic heterocycles. The molecule has 1 aromatic carbocycles. The van der Waals surface area contributed by atoms with Crippen LogP contribution in [0.4, 0.5) is 13.2 Å². The van der Waals surface area contributed by atoms with Gasteiger partial charge < -0.3 is 14.4 Å². The number of aromatic nitrogens is 2. The van der Waals surface area contributed by atoms with Gasteiger partial charge in [-0.2, -0.15) is 26.7 Å². The zero-order chi connectivity index (χ0) is 25.1. The lowest BCUT2D eigenvalue weighted by Crippen LogP contribution is -2.36. The number of benzene rings is 1. The third-order valence-electron chi connectivity index (χ3n) is 5.56. The highest BCUT2D eigenvalue weighted by molar-refractivity contribution is 7.86. The third-order valence-corrected chi connectivity index (χ3v) is 6.12. The summed E-state index contributed by atoms with van der Waals surface area (Å²) in [5.41, 5.74) is 0.672. The van der Waals surface area contributed by atoms with Crippen LogP contribution in [0, 0.1) is 12.8 Å². The Hall–Kier alpha value is -2.28. The van der Waals surface area contributed by atoms with Crippen molar-refractivity contribution in [3.8, 4) is 17.0 Å². The van der Waals surface area contributed by atoms with E-state index in [9.17, 15) is 21.6 Å². The standard InChI is InChI=1S/C22H28F3N3O5S/c1-14-10-18(21(33-34(4,29)30)15-6-5-9-28(2)12-15)26-27-20(14)17-8-7-16(22(23,24)25)11-19(17)32-13-31-3/h7-8,10-11,15,21H,5-6,9,12-13H2,1-4H3. The number of halogens is 3. The summed E-state index contributed by atoms with van der Waals surface area (Å²) in [5.74, 6) is -0.167. The molecule has 2 heterocycles. The maximum atomic E-state index is 13.2. The van der Waals surface area contributed by atoms with Crippen molar-refractivity contribution in [2.24, 2.45) is 5.92 Å². The summed E-state index contributed by atoms with van der Waals surface area (Å²) in [6.45, 7) is 3.01. The van der Waals surface area contributed by atoms with Crippen LogP contribution in [0.2, 0.25) is 0 Å². The van der Waals surface area contributed by atoms with Gasteiger partial charge >= 0.3 is 6.18 Å². The number of rotatable bonds is 8. The van der Waals surface area contributed by atoms with E-state index in [-0.39, 0.29) is 18.5 Å². The molecule has 0 saturated carbocycles. The lowest BCUT2D eigenvalue weighted by Gasteiger charge is -2.34. The van der Waals surface area contributed by atoms with Crippen molar-refractivity contribution >= 4 is 10.1 Å². The van der Waals surface area contributed by atoms with Crippen LogP contribution in [0.15, 0.2) is 24.3 Å². The Morgan fingerprint density at radius 3 is 2.56 bits per heavy atom. The molecule has 0 amide bonds. The molecule has 1 aliphatic heterocycles. The van der Waals surface area contributed by atoms with E-state index in [1.165, 1.54) is 13.2 Å². The van der Waals surface area contributed by atoms with Gasteiger partial charge in [-0.05, 0) is 63.2 Å². The summed E-state index contributed by atoms with van der Waals surface area (Å²) >= 11 is 0. The minimum Gasteiger partial charge on any atom is -0.467 e. The Bertz CT molecular complexity index is 1110. The largest absolute Gasteiger partial charge is 0.467 e. The van der Waals surface area contributed by atoms with Crippen LogP contribution in [-0.4, -0.2) is 63.8 Å². The number of nitrogens with zero attached hydrogens (tertiary/aromatic N) is 3. The predicted octanol–water partition coefficient (Wildman–Crippen LogP) is 3.81. The molecule has 0 radical (unpaired) electrons. The Kier molecular flexibility index (Phi) is 8.17. The number of piperidine rings is 1. The molecule has 0 aliphatic carbocycles. The summed E-state index contributed by atoms with van der Waals surface area (Å²) in [6.07, 6.45) is -2.72. The molecule has 12 heteroatoms. The van der Waals surface area contributed by atoms with Crippen molar-refractivity contribution in [1.82, 2.24) is 15.1 Å². The van der Waals surface area contributed by atoms with Crippen LogP contribution in [0.25, 0.3) is 11.3 Å². The maximum Gasteiger partial charge on any atom is 0.416 e. The highest BCUT2D eigenvalue weighted by atomic mass is 32.2. The van der Waals surface area contributed by atoms with Gasteiger partial charge in [0.05, 0.1) is 23.2 Å². The highest BCUT2D eigenvalue weighted by Gasteiger charge is 2.34. The van der Waals surface area contributed by atoms with Gasteiger partial charge in [0.25, 0.3) is 10.1 Å². The molecule has 1 saturated heterocycles. The molecule has 34 heavy (non-hydrogen) atoms. The van der Waals surface area contributed by atoms with Crippen LogP contribution in [0.3, 0.4) is 0 Å². The fraction of sp³-hybridized carbons (Fsp3) is 0.545. The second-order valence-corrected chi connectivity index (χ2v) is 10.0. The number of methoxy groups -OCH3 is 1. The topological polar surface area (TPSA) is 90.8 Å². The Balaban J connectivity index is 2.01. The molecule has 2 unspecified atom stereocenters. The maximum absolute atomic E-state index is 13.2. The third kappa shape index (κ3) is 6.65. The van der Waals surface area contributed by atoms with Crippen LogP contribution in [0.5, 0.6) is 5.75 Å². The SMILES string of the molecule is COCOc1cc(C(F)(F)F)ccc1-c1nnc(C(OS(C)(=O)=O)C2CCCN(C)C2)cc1C. The van der Waals surface area contributed by atoms with Gasteiger partial charge in [-0.15, -0.1) is 5.10 Å². The van der Waals surface area contributed by atoms with Crippen molar-refractivity contribution < 1.29 is 35.2 Å². The van der Waals surface area contributed by atoms with Gasteiger partial charge in [0.1, 0.15) is 11.9 Å². The summed E-state index contributed by atoms with van der Waals surface area (Å²) < 4.78 is 79.2. The van der Waals surface area contributed by atoms with Crippen molar-refractivity contribution in [2.45, 2.75) is 32.0 Å². The van der Waals surface area contributed by atoms with Gasteiger partial charge in [-0.3, -0.25) is 4.18 Å². The van der Waals surface area contributed by atoms with E-state index < -0.39 is 28.0 Å². The molecule has 0 bridgehead atoms. The molecule has 8 nitrogen and oxygen atoms in total. The van der Waals surface area contributed by atoms with Gasteiger partial charge in [0, 0.05) is 25.1 Å². The summed E-state index contributed by atoms with van der Waals surface area (Å²) in [7, 11) is -0.463. The van der Waals surface area contributed by atoms with Crippen molar-refractivity contribution in [2.75, 3.05) is 40.3 Å². The van der Waals surface area contributed by atoms with Crippen LogP contribution in [0.1, 0.15) is 35.8 Å². The molecule has 2 atom stereocenters. The molecule has 0 N–H and O–H groups in total. The van der Waals surface area contributed by atoms with Crippen LogP contribution in [-0.2, 0) is 25.2 Å². The van der Waals surface area contributed by atoms with E-state index in [4.69, 9.17) is 13.7 Å². The fourth-order valence-corrected chi connectivity index (χ4v) is 4.69. The Morgan fingerprint density at radius 2 is 1.97 bits per heavy atom. The minimum absolute atomic E-state index is 0.0559. The van der Waals surface area contributed by atoms with E-state index in [0.29, 0.717) is 29.1 Å². The average molecular weight is 504 g/mol. The van der Waals surface area contributed by atoms with Gasteiger partial charge in [-0.1, -0.05) is 0 Å². The smallest absolute Gasteiger partial charge is 0.416 e. The number of likely N-dealkylation sites (tertiary alicyclic amines) is 1. The van der Waals surface area contributed by atoms with Gasteiger partial charge in [0.2, 0.25) is 0 Å². The Morgan fingerprint density at radius 1 is 1.24 bits per heavy atom. The summed E-state index contributed by atoms with van der Waals surface area (Å²) in [4.78, 5) is 2.10. The second-order valence-electron chi connectivity index (χ2n) is 8.45. The number of ether oxygens (including phenoxy) is 2. The van der Waals surface area contributed by atoms with Gasteiger partial charge in [-0.25, -0.2) is 0 Å². The number of aryl methyl sites for hydroxylation is 1. The van der Waals surface area contributed by atoms with E-state index >= 15 is 0 Å². The number of hydrogen-bond acceptors (Lipinski definition) is 8. The zero-order valence-corrected chi connectivity index (χ0v) is 20.2. The molecule has 0 spiro atoms. The van der Waals surface area contributed by atoms with E-state index in [2.05, 4.69) is 15.1 Å². The lowest BCUT2D eigenvalue weighted by atomic mass is 9.90. The van der Waals surface area contributed by atoms with E-state index in [0.717, 1.165) is 37.8 Å². The normalized spacial score (nSPS) is 18.6. The Labute approximate surface area is 197 Å². The first kappa shape index (κ1) is 26.3. The quantitative estimate of drug-likeness (QED) is 0.397. The highest BCUT2D eigenvalue weighted by Crippen LogP contribution is 2.39. The first-order valence-corrected chi connectivity index (χ1v) is 12.4. The van der Waals surface area contributed by atoms with Crippen molar-refractivity contribution in [3.63, 3.8) is 0 Å². The van der Waals surface area contributed by atoms with Crippen LogP contribution >= 0.6 is 0 Å². The van der Waals surface area contributed by atoms with Gasteiger partial charge in [0.15, 0.2) is 6.79 Å². The summed E-state index contributed by atoms with van der Waals surface area (Å²) in [6, 6.07) is 4.75. The van der Waals surface area contributed by atoms with Crippen molar-refractivity contribution in [1.29, 1.82) is 0 Å². The summed E-state index contributed by atoms with van der Waals surface area (Å²) in [5, 5.41) is 8.46. The second kappa shape index (κ2) is 10.5. The minimum atomic E-state index is -4.54. The molecule has 1 fully saturated rings. The predicted molar refractivity (Wildman–Crippen MR) is 119 cm³/mol. The molecule has 2 aromatic rings.